The first-order valence-electron chi connectivity index (χ1n) is 5.30. The van der Waals surface area contributed by atoms with Crippen LogP contribution in [0.1, 0.15) is 12.0 Å². The highest BCUT2D eigenvalue weighted by atomic mass is 16.5. The highest BCUT2D eigenvalue weighted by Crippen LogP contribution is 2.25. The van der Waals surface area contributed by atoms with Crippen LogP contribution in [0.4, 0.5) is 0 Å². The van der Waals surface area contributed by atoms with Crippen molar-refractivity contribution in [2.24, 2.45) is 0 Å². The quantitative estimate of drug-likeness (QED) is 0.574. The van der Waals surface area contributed by atoms with Crippen LogP contribution in [0.15, 0.2) is 18.2 Å². The Labute approximate surface area is 100 Å². The van der Waals surface area contributed by atoms with E-state index in [0.29, 0.717) is 25.3 Å². The summed E-state index contributed by atoms with van der Waals surface area (Å²) in [6.07, 6.45) is 0.332. The van der Waals surface area contributed by atoms with Crippen LogP contribution in [0.2, 0.25) is 0 Å². The number of benzene rings is 1. The molecule has 17 heavy (non-hydrogen) atoms. The van der Waals surface area contributed by atoms with Crippen LogP contribution < -0.4 is 10.1 Å². The Morgan fingerprint density at radius 2 is 2.18 bits per heavy atom. The third kappa shape index (κ3) is 4.32. The number of phenols is 1. The van der Waals surface area contributed by atoms with E-state index in [1.807, 2.05) is 6.07 Å². The summed E-state index contributed by atoms with van der Waals surface area (Å²) in [4.78, 5) is 10.8. The first-order valence-corrected chi connectivity index (χ1v) is 5.30. The number of methoxy groups -OCH3 is 2. The Morgan fingerprint density at radius 3 is 2.76 bits per heavy atom. The Bertz CT molecular complexity index is 379. The number of nitrogens with one attached hydrogen (secondary N) is 1. The van der Waals surface area contributed by atoms with Crippen molar-refractivity contribution < 1.29 is 19.4 Å². The first kappa shape index (κ1) is 13.3. The molecule has 0 aliphatic heterocycles. The number of hydrogen-bond donors (Lipinski definition) is 2. The fourth-order valence-corrected chi connectivity index (χ4v) is 1.37. The van der Waals surface area contributed by atoms with E-state index in [-0.39, 0.29) is 11.7 Å². The van der Waals surface area contributed by atoms with Crippen LogP contribution in [0.5, 0.6) is 11.5 Å². The van der Waals surface area contributed by atoms with Crippen molar-refractivity contribution in [3.8, 4) is 11.5 Å². The summed E-state index contributed by atoms with van der Waals surface area (Å²) in [5.74, 6) is 0.318. The van der Waals surface area contributed by atoms with Gasteiger partial charge in [-0.3, -0.25) is 4.79 Å². The van der Waals surface area contributed by atoms with Gasteiger partial charge in [-0.15, -0.1) is 0 Å². The summed E-state index contributed by atoms with van der Waals surface area (Å²) in [5, 5.41) is 12.6. The number of aromatic hydroxyl groups is 1. The Hall–Kier alpha value is -1.75. The molecule has 1 rings (SSSR count). The van der Waals surface area contributed by atoms with E-state index < -0.39 is 0 Å². The highest BCUT2D eigenvalue weighted by Gasteiger charge is 2.03. The van der Waals surface area contributed by atoms with E-state index in [1.54, 1.807) is 12.1 Å². The summed E-state index contributed by atoms with van der Waals surface area (Å²) < 4.78 is 9.46. The van der Waals surface area contributed by atoms with Gasteiger partial charge in [0.15, 0.2) is 11.5 Å². The highest BCUT2D eigenvalue weighted by molar-refractivity contribution is 5.69. The monoisotopic (exact) mass is 239 g/mol. The zero-order chi connectivity index (χ0) is 12.7. The largest absolute Gasteiger partial charge is 0.504 e. The predicted octanol–water partition coefficient (Wildman–Crippen LogP) is 1.05. The molecule has 0 amide bonds. The minimum Gasteiger partial charge on any atom is -0.504 e. The number of ether oxygens (including phenoxy) is 2. The van der Waals surface area contributed by atoms with E-state index in [4.69, 9.17) is 4.74 Å². The molecule has 0 saturated carbocycles. The lowest BCUT2D eigenvalue weighted by molar-refractivity contribution is -0.140. The molecule has 0 aliphatic carbocycles. The van der Waals surface area contributed by atoms with Crippen molar-refractivity contribution in [1.29, 1.82) is 0 Å². The number of phenolic OH excluding ortho intramolecular Hbond substituents is 1. The maximum absolute atomic E-state index is 10.8. The van der Waals surface area contributed by atoms with Crippen molar-refractivity contribution in [2.45, 2.75) is 13.0 Å². The van der Waals surface area contributed by atoms with Gasteiger partial charge in [-0.25, -0.2) is 0 Å². The molecule has 0 fully saturated rings. The summed E-state index contributed by atoms with van der Waals surface area (Å²) in [6.45, 7) is 1.12. The van der Waals surface area contributed by atoms with Crippen LogP contribution in [0, 0.1) is 0 Å². The molecule has 0 heterocycles. The molecule has 0 spiro atoms. The summed E-state index contributed by atoms with van der Waals surface area (Å²) in [7, 11) is 2.87. The second-order valence-electron chi connectivity index (χ2n) is 3.51. The normalized spacial score (nSPS) is 10.0. The molecule has 1 aromatic carbocycles. The van der Waals surface area contributed by atoms with Crippen LogP contribution >= 0.6 is 0 Å². The Kier molecular flexibility index (Phi) is 5.29. The molecule has 0 unspecified atom stereocenters. The fraction of sp³-hybridized carbons (Fsp3) is 0.417. The zero-order valence-electron chi connectivity index (χ0n) is 10.0. The predicted molar refractivity (Wildman–Crippen MR) is 63.0 cm³/mol. The van der Waals surface area contributed by atoms with Gasteiger partial charge < -0.3 is 19.9 Å². The third-order valence-electron chi connectivity index (χ3n) is 2.31. The van der Waals surface area contributed by atoms with Gasteiger partial charge in [0, 0.05) is 13.1 Å². The van der Waals surface area contributed by atoms with Gasteiger partial charge in [0.25, 0.3) is 0 Å². The lowest BCUT2D eigenvalue weighted by Crippen LogP contribution is -2.18. The van der Waals surface area contributed by atoms with Crippen molar-refractivity contribution >= 4 is 5.97 Å². The molecule has 0 aliphatic rings. The van der Waals surface area contributed by atoms with E-state index in [2.05, 4.69) is 10.1 Å². The number of carbonyl (C=O) groups excluding carboxylic acids is 1. The van der Waals surface area contributed by atoms with Crippen molar-refractivity contribution in [2.75, 3.05) is 20.8 Å². The second-order valence-corrected chi connectivity index (χ2v) is 3.51. The van der Waals surface area contributed by atoms with E-state index in [1.165, 1.54) is 14.2 Å². The van der Waals surface area contributed by atoms with Gasteiger partial charge in [0.05, 0.1) is 20.6 Å². The first-order chi connectivity index (χ1) is 8.17. The molecule has 2 N–H and O–H groups in total. The second kappa shape index (κ2) is 6.75. The molecule has 0 radical (unpaired) electrons. The average Bonchev–Trinajstić information content (AvgIpc) is 2.34. The van der Waals surface area contributed by atoms with Crippen LogP contribution in [-0.2, 0) is 16.1 Å². The molecule has 0 aromatic heterocycles. The van der Waals surface area contributed by atoms with Crippen LogP contribution in [-0.4, -0.2) is 31.8 Å². The molecular weight excluding hydrogens is 222 g/mol. The molecule has 1 aromatic rings. The summed E-state index contributed by atoms with van der Waals surface area (Å²) in [6, 6.07) is 5.18. The van der Waals surface area contributed by atoms with Crippen LogP contribution in [0.3, 0.4) is 0 Å². The number of esters is 1. The molecular formula is C12H17NO4. The molecule has 0 atom stereocenters. The number of rotatable bonds is 6. The topological polar surface area (TPSA) is 67.8 Å². The van der Waals surface area contributed by atoms with Gasteiger partial charge in [-0.1, -0.05) is 6.07 Å². The lowest BCUT2D eigenvalue weighted by atomic mass is 10.2. The Balaban J connectivity index is 2.37. The molecule has 5 heteroatoms. The summed E-state index contributed by atoms with van der Waals surface area (Å²) in [5.41, 5.74) is 0.924. The Morgan fingerprint density at radius 1 is 1.41 bits per heavy atom. The number of hydrogen-bond acceptors (Lipinski definition) is 5. The lowest BCUT2D eigenvalue weighted by Gasteiger charge is -2.07. The maximum Gasteiger partial charge on any atom is 0.306 e. The molecule has 5 nitrogen and oxygen atoms in total. The van der Waals surface area contributed by atoms with Gasteiger partial charge in [0.1, 0.15) is 0 Å². The van der Waals surface area contributed by atoms with Gasteiger partial charge in [-0.2, -0.15) is 0 Å². The minimum atomic E-state index is -0.241. The van der Waals surface area contributed by atoms with Crippen molar-refractivity contribution in [1.82, 2.24) is 5.32 Å². The zero-order valence-corrected chi connectivity index (χ0v) is 10.0. The fourth-order valence-electron chi connectivity index (χ4n) is 1.37. The maximum atomic E-state index is 10.8. The van der Waals surface area contributed by atoms with E-state index in [9.17, 15) is 9.90 Å². The molecule has 94 valence electrons. The molecule has 0 saturated heterocycles. The van der Waals surface area contributed by atoms with Crippen molar-refractivity contribution in [3.05, 3.63) is 23.8 Å². The van der Waals surface area contributed by atoms with Gasteiger partial charge >= 0.3 is 5.97 Å². The summed E-state index contributed by atoms with van der Waals surface area (Å²) >= 11 is 0. The van der Waals surface area contributed by atoms with Crippen molar-refractivity contribution in [3.63, 3.8) is 0 Å². The van der Waals surface area contributed by atoms with E-state index >= 15 is 0 Å². The van der Waals surface area contributed by atoms with Gasteiger partial charge in [-0.05, 0) is 17.7 Å². The minimum absolute atomic E-state index is 0.111. The standard InChI is InChI=1S/C12H17NO4/c1-16-11-4-3-9(7-10(11)14)8-13-6-5-12(15)17-2/h3-4,7,13-14H,5-6,8H2,1-2H3. The van der Waals surface area contributed by atoms with Crippen LogP contribution in [0.25, 0.3) is 0 Å². The third-order valence-corrected chi connectivity index (χ3v) is 2.31. The number of carbonyl (C=O) groups is 1. The van der Waals surface area contributed by atoms with Gasteiger partial charge in [0.2, 0.25) is 0 Å². The SMILES string of the molecule is COC(=O)CCNCc1ccc(OC)c(O)c1. The smallest absolute Gasteiger partial charge is 0.306 e. The van der Waals surface area contributed by atoms with E-state index in [0.717, 1.165) is 5.56 Å². The molecule has 0 bridgehead atoms. The average molecular weight is 239 g/mol.